The lowest BCUT2D eigenvalue weighted by atomic mass is 10.0. The smallest absolute Gasteiger partial charge is 0.426 e. The molecule has 222 valence electrons. The van der Waals surface area contributed by atoms with E-state index in [2.05, 4.69) is 44.6 Å². The Hall–Kier alpha value is -4.14. The molecule has 1 aromatic heterocycles. The molecule has 42 heavy (non-hydrogen) atoms. The van der Waals surface area contributed by atoms with E-state index in [1.165, 1.54) is 23.1 Å². The zero-order chi connectivity index (χ0) is 30.5. The number of halogens is 5. The van der Waals surface area contributed by atoms with Crippen LogP contribution in [0.3, 0.4) is 0 Å². The first-order chi connectivity index (χ1) is 19.8. The van der Waals surface area contributed by atoms with Crippen LogP contribution in [0.5, 0.6) is 5.75 Å². The van der Waals surface area contributed by atoms with Crippen LogP contribution in [-0.4, -0.2) is 43.6 Å². The Morgan fingerprint density at radius 2 is 1.64 bits per heavy atom. The average molecular weight is 607 g/mol. The molecule has 4 aromatic rings. The van der Waals surface area contributed by atoms with Gasteiger partial charge in [0, 0.05) is 17.8 Å². The minimum absolute atomic E-state index is 0.265. The fourth-order valence-corrected chi connectivity index (χ4v) is 4.05. The van der Waals surface area contributed by atoms with E-state index in [4.69, 9.17) is 12.2 Å². The maximum atomic E-state index is 13.1. The number of nitrogens with zero attached hydrogens (tertiary/aromatic N) is 3. The van der Waals surface area contributed by atoms with Crippen molar-refractivity contribution in [3.05, 3.63) is 90.3 Å². The molecule has 0 radical (unpaired) electrons. The third kappa shape index (κ3) is 7.78. The van der Waals surface area contributed by atoms with E-state index in [-0.39, 0.29) is 5.11 Å². The summed E-state index contributed by atoms with van der Waals surface area (Å²) in [6.07, 6.45) is -10.9. The van der Waals surface area contributed by atoms with Crippen molar-refractivity contribution in [3.63, 3.8) is 0 Å². The predicted molar refractivity (Wildman–Crippen MR) is 151 cm³/mol. The van der Waals surface area contributed by atoms with E-state index >= 15 is 0 Å². The number of hydrogen-bond donors (Lipinski definition) is 4. The van der Waals surface area contributed by atoms with Crippen LogP contribution in [-0.2, 0) is 6.54 Å². The largest absolute Gasteiger partial charge is 0.499 e. The molecule has 0 saturated heterocycles. The van der Waals surface area contributed by atoms with Crippen molar-refractivity contribution in [2.45, 2.75) is 44.9 Å². The monoisotopic (exact) mass is 606 g/mol. The van der Waals surface area contributed by atoms with Crippen molar-refractivity contribution >= 4 is 23.0 Å². The Morgan fingerprint density at radius 3 is 2.29 bits per heavy atom. The van der Waals surface area contributed by atoms with E-state index < -0.39 is 24.4 Å². The number of aromatic nitrogens is 3. The van der Waals surface area contributed by atoms with Gasteiger partial charge in [-0.3, -0.25) is 5.32 Å². The van der Waals surface area contributed by atoms with Gasteiger partial charge < -0.3 is 20.5 Å². The number of rotatable bonds is 10. The summed E-state index contributed by atoms with van der Waals surface area (Å²) in [5.41, 5.74) is 3.87. The van der Waals surface area contributed by atoms with Crippen molar-refractivity contribution in [2.24, 2.45) is 0 Å². The van der Waals surface area contributed by atoms with E-state index in [0.717, 1.165) is 28.9 Å². The number of ether oxygens (including phenoxy) is 1. The lowest BCUT2D eigenvalue weighted by Crippen LogP contribution is -2.46. The molecule has 1 atom stereocenters. The Kier molecular flexibility index (Phi) is 9.39. The molecule has 14 heteroatoms. The van der Waals surface area contributed by atoms with E-state index in [1.807, 2.05) is 36.4 Å². The zero-order valence-electron chi connectivity index (χ0n) is 22.4. The van der Waals surface area contributed by atoms with Crippen LogP contribution >= 0.6 is 12.2 Å². The topological polar surface area (TPSA) is 96.3 Å². The number of aliphatic hydroxyl groups is 1. The molecule has 0 fully saturated rings. The number of nitrogens with one attached hydrogen (secondary N) is 3. The second kappa shape index (κ2) is 12.8. The number of para-hydroxylation sites is 1. The summed E-state index contributed by atoms with van der Waals surface area (Å²) >= 11 is 5.32. The highest BCUT2D eigenvalue weighted by molar-refractivity contribution is 7.80. The Bertz CT molecular complexity index is 1490. The van der Waals surface area contributed by atoms with Gasteiger partial charge in [-0.2, -0.15) is 22.0 Å². The number of benzene rings is 3. The molecule has 0 aliphatic carbocycles. The van der Waals surface area contributed by atoms with Gasteiger partial charge in [0.15, 0.2) is 17.3 Å². The highest BCUT2D eigenvalue weighted by Gasteiger charge is 2.61. The summed E-state index contributed by atoms with van der Waals surface area (Å²) in [7, 11) is 0. The average Bonchev–Trinajstić information content (AvgIpc) is 3.42. The molecular weight excluding hydrogens is 579 g/mol. The standard InChI is InChI=1S/C28H27F5N6O2S/c1-17(2)22-5-3-4-6-23(22)36-26(42)37-25(40)34-15-18-7-9-19(10-8-18)24-35-16-39(38-24)20-11-13-21(14-12-20)41-28(32,33)27(29,30)31/h3-14,16-17,25,34,40H,15H2,1-2H3,(H2,36,37,42). The van der Waals surface area contributed by atoms with Gasteiger partial charge in [0.2, 0.25) is 0 Å². The number of hydrogen-bond acceptors (Lipinski definition) is 6. The molecule has 1 unspecified atom stereocenters. The van der Waals surface area contributed by atoms with Crippen molar-refractivity contribution in [2.75, 3.05) is 5.32 Å². The van der Waals surface area contributed by atoms with Crippen LogP contribution in [0.25, 0.3) is 17.1 Å². The van der Waals surface area contributed by atoms with E-state index in [1.54, 1.807) is 12.1 Å². The normalized spacial score (nSPS) is 12.7. The molecule has 4 rings (SSSR count). The molecular formula is C28H27F5N6O2S. The Balaban J connectivity index is 1.30. The zero-order valence-corrected chi connectivity index (χ0v) is 23.2. The molecule has 4 N–H and O–H groups in total. The Morgan fingerprint density at radius 1 is 0.976 bits per heavy atom. The van der Waals surface area contributed by atoms with Gasteiger partial charge >= 0.3 is 12.3 Å². The van der Waals surface area contributed by atoms with Gasteiger partial charge in [-0.05, 0) is 59.6 Å². The molecule has 3 aromatic carbocycles. The van der Waals surface area contributed by atoms with Crippen LogP contribution < -0.4 is 20.7 Å². The number of thiocarbonyl (C=S) groups is 1. The van der Waals surface area contributed by atoms with Crippen LogP contribution in [0.4, 0.5) is 27.6 Å². The second-order valence-electron chi connectivity index (χ2n) is 9.44. The van der Waals surface area contributed by atoms with Crippen molar-refractivity contribution in [1.29, 1.82) is 0 Å². The number of aliphatic hydroxyl groups excluding tert-OH is 1. The molecule has 0 aliphatic heterocycles. The van der Waals surface area contributed by atoms with Crippen LogP contribution in [0.1, 0.15) is 30.9 Å². The Labute approximate surface area is 243 Å². The first-order valence-electron chi connectivity index (χ1n) is 12.7. The minimum Gasteiger partial charge on any atom is -0.426 e. The van der Waals surface area contributed by atoms with Crippen LogP contribution in [0.15, 0.2) is 79.1 Å². The predicted octanol–water partition coefficient (Wildman–Crippen LogP) is 5.94. The van der Waals surface area contributed by atoms with E-state index in [0.29, 0.717) is 29.5 Å². The van der Waals surface area contributed by atoms with Crippen LogP contribution in [0, 0.1) is 0 Å². The minimum atomic E-state index is -5.83. The first-order valence-corrected chi connectivity index (χ1v) is 13.1. The summed E-state index contributed by atoms with van der Waals surface area (Å²) in [4.78, 5) is 4.23. The highest BCUT2D eigenvalue weighted by atomic mass is 32.1. The van der Waals surface area contributed by atoms with Crippen molar-refractivity contribution in [3.8, 4) is 22.8 Å². The SMILES string of the molecule is CC(C)c1ccccc1NC(=S)NC(O)NCc1ccc(-c2ncn(-c3ccc(OC(F)(F)C(F)(F)F)cc3)n2)cc1. The molecule has 0 saturated carbocycles. The number of alkyl halides is 5. The quantitative estimate of drug-likeness (QED) is 0.100. The van der Waals surface area contributed by atoms with Gasteiger partial charge in [0.1, 0.15) is 12.1 Å². The summed E-state index contributed by atoms with van der Waals surface area (Å²) in [5, 5.41) is 23.7. The molecule has 0 spiro atoms. The fourth-order valence-electron chi connectivity index (χ4n) is 3.83. The molecule has 1 heterocycles. The van der Waals surface area contributed by atoms with Gasteiger partial charge in [-0.25, -0.2) is 9.67 Å². The maximum absolute atomic E-state index is 13.1. The lowest BCUT2D eigenvalue weighted by molar-refractivity contribution is -0.360. The summed E-state index contributed by atoms with van der Waals surface area (Å²) in [6.45, 7) is 4.48. The van der Waals surface area contributed by atoms with E-state index in [9.17, 15) is 27.1 Å². The number of anilines is 1. The summed E-state index contributed by atoms with van der Waals surface area (Å²) in [5.74, 6) is 0.00441. The first kappa shape index (κ1) is 30.8. The molecule has 0 aliphatic rings. The van der Waals surface area contributed by atoms with Crippen molar-refractivity contribution in [1.82, 2.24) is 25.4 Å². The van der Waals surface area contributed by atoms with Crippen molar-refractivity contribution < 1.29 is 31.8 Å². The third-order valence-electron chi connectivity index (χ3n) is 5.98. The van der Waals surface area contributed by atoms with Gasteiger partial charge in [0.25, 0.3) is 0 Å². The highest BCUT2D eigenvalue weighted by Crippen LogP contribution is 2.37. The summed E-state index contributed by atoms with van der Waals surface area (Å²) in [6, 6.07) is 19.5. The van der Waals surface area contributed by atoms with Gasteiger partial charge in [-0.1, -0.05) is 56.3 Å². The molecule has 8 nitrogen and oxygen atoms in total. The second-order valence-corrected chi connectivity index (χ2v) is 9.85. The molecule has 0 amide bonds. The van der Waals surface area contributed by atoms with Crippen LogP contribution in [0.2, 0.25) is 0 Å². The summed E-state index contributed by atoms with van der Waals surface area (Å²) < 4.78 is 68.4. The lowest BCUT2D eigenvalue weighted by Gasteiger charge is -2.20. The molecule has 0 bridgehead atoms. The third-order valence-corrected chi connectivity index (χ3v) is 6.20. The fraction of sp³-hybridized carbons (Fsp3) is 0.250. The van der Waals surface area contributed by atoms with Gasteiger partial charge in [-0.15, -0.1) is 5.10 Å². The van der Waals surface area contributed by atoms with Gasteiger partial charge in [0.05, 0.1) is 5.69 Å². The maximum Gasteiger partial charge on any atom is 0.499 e.